The maximum Gasteiger partial charge on any atom is 0.137 e. The van der Waals surface area contributed by atoms with Crippen LogP contribution in [-0.4, -0.2) is 64.5 Å². The first-order valence-corrected chi connectivity index (χ1v) is 7.89. The smallest absolute Gasteiger partial charge is 0.137 e. The summed E-state index contributed by atoms with van der Waals surface area (Å²) in [6, 6.07) is 4.97. The number of likely N-dealkylation sites (tertiary alicyclic amines) is 1. The van der Waals surface area contributed by atoms with Crippen LogP contribution in [0.5, 0.6) is 0 Å². The highest BCUT2D eigenvalue weighted by molar-refractivity contribution is 5.41. The predicted octanol–water partition coefficient (Wildman–Crippen LogP) is 0.732. The molecule has 0 bridgehead atoms. The van der Waals surface area contributed by atoms with E-state index in [4.69, 9.17) is 4.98 Å². The molecule has 0 atom stereocenters. The van der Waals surface area contributed by atoms with E-state index in [1.807, 2.05) is 0 Å². The van der Waals surface area contributed by atoms with Crippen LogP contribution in [0.15, 0.2) is 24.5 Å². The van der Waals surface area contributed by atoms with Gasteiger partial charge in [-0.2, -0.15) is 0 Å². The average Bonchev–Trinajstić information content (AvgIpc) is 2.85. The molecule has 2 aromatic heterocycles. The monoisotopic (exact) mass is 285 g/mol. The molecule has 2 aliphatic heterocycles. The number of aromatic nitrogens is 2. The molecule has 0 aromatic carbocycles. The Balaban J connectivity index is 1.36. The molecule has 2 aliphatic rings. The van der Waals surface area contributed by atoms with Crippen LogP contribution in [0.3, 0.4) is 0 Å². The molecule has 4 heterocycles. The van der Waals surface area contributed by atoms with Gasteiger partial charge in [0.05, 0.1) is 5.69 Å². The maximum absolute atomic E-state index is 4.71. The van der Waals surface area contributed by atoms with Gasteiger partial charge in [-0.3, -0.25) is 9.80 Å². The van der Waals surface area contributed by atoms with Crippen molar-refractivity contribution in [3.63, 3.8) is 0 Å². The maximum atomic E-state index is 4.71. The quantitative estimate of drug-likeness (QED) is 0.902. The summed E-state index contributed by atoms with van der Waals surface area (Å²) < 4.78 is 2.14. The van der Waals surface area contributed by atoms with Crippen molar-refractivity contribution in [1.82, 2.24) is 24.5 Å². The van der Waals surface area contributed by atoms with E-state index in [0.29, 0.717) is 0 Å². The number of aryl methyl sites for hydroxylation is 1. The molecule has 5 nitrogen and oxygen atoms in total. The Hall–Kier alpha value is -1.43. The van der Waals surface area contributed by atoms with E-state index in [1.54, 1.807) is 0 Å². The van der Waals surface area contributed by atoms with Crippen LogP contribution in [0.2, 0.25) is 0 Å². The number of nitrogens with one attached hydrogen (secondary N) is 1. The zero-order valence-electron chi connectivity index (χ0n) is 12.6. The van der Waals surface area contributed by atoms with Gasteiger partial charge in [-0.25, -0.2) is 4.98 Å². The molecule has 0 amide bonds. The van der Waals surface area contributed by atoms with E-state index in [-0.39, 0.29) is 0 Å². The van der Waals surface area contributed by atoms with Crippen molar-refractivity contribution in [1.29, 1.82) is 0 Å². The van der Waals surface area contributed by atoms with E-state index in [1.165, 1.54) is 37.4 Å². The third-order valence-corrected chi connectivity index (χ3v) is 4.64. The van der Waals surface area contributed by atoms with Gasteiger partial charge in [0.2, 0.25) is 0 Å². The van der Waals surface area contributed by atoms with Gasteiger partial charge in [0.15, 0.2) is 0 Å². The molecule has 0 radical (unpaired) electrons. The number of rotatable bonds is 3. The van der Waals surface area contributed by atoms with Crippen molar-refractivity contribution in [2.75, 3.05) is 39.3 Å². The van der Waals surface area contributed by atoms with Gasteiger partial charge in [-0.1, -0.05) is 6.07 Å². The third-order valence-electron chi connectivity index (χ3n) is 4.64. The van der Waals surface area contributed by atoms with E-state index in [0.717, 1.165) is 31.3 Å². The van der Waals surface area contributed by atoms with Crippen molar-refractivity contribution in [2.45, 2.75) is 19.5 Å². The summed E-state index contributed by atoms with van der Waals surface area (Å²) in [7, 11) is 0. The van der Waals surface area contributed by atoms with Crippen LogP contribution in [0.25, 0.3) is 5.65 Å². The minimum Gasteiger partial charge on any atom is -0.314 e. The fraction of sp³-hybridized carbons (Fsp3) is 0.562. The largest absolute Gasteiger partial charge is 0.314 e. The van der Waals surface area contributed by atoms with Crippen molar-refractivity contribution < 1.29 is 0 Å². The van der Waals surface area contributed by atoms with Crippen LogP contribution >= 0.6 is 0 Å². The number of hydrogen-bond acceptors (Lipinski definition) is 4. The molecule has 2 fully saturated rings. The first-order chi connectivity index (χ1) is 10.3. The lowest BCUT2D eigenvalue weighted by atomic mass is 10.1. The first-order valence-electron chi connectivity index (χ1n) is 7.89. The van der Waals surface area contributed by atoms with E-state index in [2.05, 4.69) is 51.0 Å². The average molecular weight is 285 g/mol. The van der Waals surface area contributed by atoms with Crippen LogP contribution in [0.4, 0.5) is 0 Å². The molecule has 4 rings (SSSR count). The summed E-state index contributed by atoms with van der Waals surface area (Å²) >= 11 is 0. The molecular weight excluding hydrogens is 262 g/mol. The zero-order chi connectivity index (χ0) is 14.2. The minimum atomic E-state index is 0.756. The van der Waals surface area contributed by atoms with Crippen LogP contribution in [-0.2, 0) is 6.54 Å². The summed E-state index contributed by atoms with van der Waals surface area (Å²) in [5, 5.41) is 3.42. The Morgan fingerprint density at radius 3 is 2.81 bits per heavy atom. The lowest BCUT2D eigenvalue weighted by Gasteiger charge is -2.46. The van der Waals surface area contributed by atoms with Gasteiger partial charge >= 0.3 is 0 Å². The summed E-state index contributed by atoms with van der Waals surface area (Å²) in [6.07, 6.45) is 4.31. The molecule has 112 valence electrons. The summed E-state index contributed by atoms with van der Waals surface area (Å²) in [5.74, 6) is 0. The molecule has 5 heteroatoms. The molecular formula is C16H23N5. The number of piperazine rings is 1. The van der Waals surface area contributed by atoms with Crippen molar-refractivity contribution in [3.8, 4) is 0 Å². The highest BCUT2D eigenvalue weighted by Gasteiger charge is 2.32. The summed E-state index contributed by atoms with van der Waals surface area (Å²) in [5.41, 5.74) is 3.50. The molecule has 0 unspecified atom stereocenters. The summed E-state index contributed by atoms with van der Waals surface area (Å²) in [4.78, 5) is 9.84. The zero-order valence-corrected chi connectivity index (χ0v) is 12.6. The molecule has 2 aromatic rings. The topological polar surface area (TPSA) is 35.8 Å². The fourth-order valence-corrected chi connectivity index (χ4v) is 3.41. The normalized spacial score (nSPS) is 21.8. The first kappa shape index (κ1) is 13.2. The van der Waals surface area contributed by atoms with Crippen molar-refractivity contribution in [3.05, 3.63) is 35.8 Å². The van der Waals surface area contributed by atoms with E-state index in [9.17, 15) is 0 Å². The molecule has 21 heavy (non-hydrogen) atoms. The fourth-order valence-electron chi connectivity index (χ4n) is 3.41. The summed E-state index contributed by atoms with van der Waals surface area (Å²) in [6.45, 7) is 10.2. The van der Waals surface area contributed by atoms with Crippen LogP contribution in [0.1, 0.15) is 11.3 Å². The SMILES string of the molecule is Cc1ccc2nc(CN3CC(N4CCNCC4)C3)cn2c1. The van der Waals surface area contributed by atoms with E-state index >= 15 is 0 Å². The second kappa shape index (κ2) is 5.40. The Bertz CT molecular complexity index is 623. The highest BCUT2D eigenvalue weighted by atomic mass is 15.3. The Kier molecular flexibility index (Phi) is 3.41. The Morgan fingerprint density at radius 2 is 2.00 bits per heavy atom. The van der Waals surface area contributed by atoms with Gasteiger partial charge < -0.3 is 9.72 Å². The second-order valence-electron chi connectivity index (χ2n) is 6.34. The predicted molar refractivity (Wildman–Crippen MR) is 83.4 cm³/mol. The molecule has 0 spiro atoms. The number of hydrogen-bond donors (Lipinski definition) is 1. The third kappa shape index (κ3) is 2.69. The number of nitrogens with zero attached hydrogens (tertiary/aromatic N) is 4. The van der Waals surface area contributed by atoms with Gasteiger partial charge in [0, 0.05) is 64.2 Å². The van der Waals surface area contributed by atoms with Crippen molar-refractivity contribution in [2.24, 2.45) is 0 Å². The standard InChI is InChI=1S/C16H23N5/c1-13-2-3-16-18-14(10-21(16)8-13)9-19-11-15(12-19)20-6-4-17-5-7-20/h2-3,8,10,15,17H,4-7,9,11-12H2,1H3. The number of fused-ring (bicyclic) bond motifs is 1. The van der Waals surface area contributed by atoms with Gasteiger partial charge in [-0.15, -0.1) is 0 Å². The Morgan fingerprint density at radius 1 is 1.19 bits per heavy atom. The van der Waals surface area contributed by atoms with Gasteiger partial charge in [0.1, 0.15) is 5.65 Å². The van der Waals surface area contributed by atoms with Crippen LogP contribution in [0, 0.1) is 6.92 Å². The minimum absolute atomic E-state index is 0.756. The molecule has 0 saturated carbocycles. The molecule has 2 saturated heterocycles. The second-order valence-corrected chi connectivity index (χ2v) is 6.34. The van der Waals surface area contributed by atoms with Gasteiger partial charge in [0.25, 0.3) is 0 Å². The van der Waals surface area contributed by atoms with Crippen molar-refractivity contribution >= 4 is 5.65 Å². The van der Waals surface area contributed by atoms with Crippen LogP contribution < -0.4 is 5.32 Å². The number of pyridine rings is 1. The lowest BCUT2D eigenvalue weighted by Crippen LogP contribution is -2.62. The van der Waals surface area contributed by atoms with E-state index < -0.39 is 0 Å². The van der Waals surface area contributed by atoms with Gasteiger partial charge in [-0.05, 0) is 18.6 Å². The lowest BCUT2D eigenvalue weighted by molar-refractivity contribution is 0.0217. The molecule has 1 N–H and O–H groups in total. The number of imidazole rings is 1. The highest BCUT2D eigenvalue weighted by Crippen LogP contribution is 2.18. The molecule has 0 aliphatic carbocycles. The Labute approximate surface area is 125 Å².